The number of halogens is 2. The number of carboxylic acids is 1. The lowest BCUT2D eigenvalue weighted by molar-refractivity contribution is -0.385. The number of benzene rings is 2. The van der Waals surface area contributed by atoms with Crippen LogP contribution in [0.3, 0.4) is 0 Å². The maximum atomic E-state index is 11.0. The van der Waals surface area contributed by atoms with Crippen LogP contribution in [0, 0.1) is 10.1 Å². The number of nitrogens with one attached hydrogen (secondary N) is 1. The van der Waals surface area contributed by atoms with Crippen LogP contribution >= 0.6 is 23.2 Å². The van der Waals surface area contributed by atoms with Crippen LogP contribution in [0.5, 0.6) is 11.5 Å². The summed E-state index contributed by atoms with van der Waals surface area (Å²) in [4.78, 5) is 21.0. The molecular formula is C16H17Cl2N3O5. The van der Waals surface area contributed by atoms with E-state index in [2.05, 4.69) is 12.3 Å². The molecule has 2 rings (SSSR count). The van der Waals surface area contributed by atoms with Crippen LogP contribution in [0.15, 0.2) is 36.4 Å². The third-order valence-electron chi connectivity index (χ3n) is 2.91. The van der Waals surface area contributed by atoms with Gasteiger partial charge in [0.05, 0.1) is 9.95 Å². The predicted molar refractivity (Wildman–Crippen MR) is 99.1 cm³/mol. The zero-order chi connectivity index (χ0) is 19.7. The molecule has 2 aromatic carbocycles. The molecule has 0 amide bonds. The Morgan fingerprint density at radius 1 is 1.31 bits per heavy atom. The van der Waals surface area contributed by atoms with Crippen molar-refractivity contribution < 1.29 is 19.6 Å². The van der Waals surface area contributed by atoms with E-state index in [0.29, 0.717) is 5.02 Å². The Morgan fingerprint density at radius 2 is 2.00 bits per heavy atom. The van der Waals surface area contributed by atoms with Crippen LogP contribution in [-0.4, -0.2) is 22.5 Å². The number of rotatable bonds is 6. The number of nitrogens with zero attached hydrogens (tertiary/aromatic N) is 1. The van der Waals surface area contributed by atoms with Gasteiger partial charge >= 0.3 is 5.97 Å². The van der Waals surface area contributed by atoms with E-state index in [9.17, 15) is 14.9 Å². The smallest absolute Gasteiger partial charge is 0.342 e. The van der Waals surface area contributed by atoms with E-state index in [4.69, 9.17) is 38.9 Å². The first-order valence-corrected chi connectivity index (χ1v) is 8.13. The zero-order valence-electron chi connectivity index (χ0n) is 13.7. The molecule has 0 aliphatic carbocycles. The lowest BCUT2D eigenvalue weighted by Gasteiger charge is -2.08. The van der Waals surface area contributed by atoms with Gasteiger partial charge in [-0.2, -0.15) is 0 Å². The van der Waals surface area contributed by atoms with Gasteiger partial charge in [0, 0.05) is 23.7 Å². The van der Waals surface area contributed by atoms with Crippen molar-refractivity contribution in [2.45, 2.75) is 13.3 Å². The number of carbonyl (C=O) groups is 1. The standard InChI is InChI=1S/C13H7Cl2NO5.C3H10N2/c14-7-1-4-12(10(15)5-7)21-8-2-3-11(16(19)20)9(6-8)13(17)18;1-2-3-5-4/h1-6H,(H,17,18);5H,2-4H2,1H3. The van der Waals surface area contributed by atoms with Gasteiger partial charge in [-0.25, -0.2) is 4.79 Å². The summed E-state index contributed by atoms with van der Waals surface area (Å²) in [6, 6.07) is 7.92. The van der Waals surface area contributed by atoms with E-state index in [1.807, 2.05) is 0 Å². The summed E-state index contributed by atoms with van der Waals surface area (Å²) >= 11 is 11.7. The van der Waals surface area contributed by atoms with Crippen molar-refractivity contribution in [1.82, 2.24) is 5.43 Å². The van der Waals surface area contributed by atoms with Gasteiger partial charge in [-0.15, -0.1) is 0 Å². The number of aromatic carboxylic acids is 1. The number of nitro benzene ring substituents is 1. The molecule has 0 atom stereocenters. The van der Waals surface area contributed by atoms with Crippen molar-refractivity contribution in [2.24, 2.45) is 5.84 Å². The fraction of sp³-hybridized carbons (Fsp3) is 0.188. The second-order valence-corrected chi connectivity index (χ2v) is 5.72. The highest BCUT2D eigenvalue weighted by Gasteiger charge is 2.20. The van der Waals surface area contributed by atoms with Crippen LogP contribution < -0.4 is 16.0 Å². The highest BCUT2D eigenvalue weighted by atomic mass is 35.5. The fourth-order valence-electron chi connectivity index (χ4n) is 1.74. The minimum absolute atomic E-state index is 0.113. The molecule has 10 heteroatoms. The fourth-order valence-corrected chi connectivity index (χ4v) is 2.19. The summed E-state index contributed by atoms with van der Waals surface area (Å²) in [5.41, 5.74) is 1.53. The third-order valence-corrected chi connectivity index (χ3v) is 3.44. The normalized spacial score (nSPS) is 9.85. The molecule has 0 radical (unpaired) electrons. The molecule has 140 valence electrons. The van der Waals surface area contributed by atoms with Crippen molar-refractivity contribution in [3.8, 4) is 11.5 Å². The Labute approximate surface area is 159 Å². The van der Waals surface area contributed by atoms with Gasteiger partial charge in [0.15, 0.2) is 0 Å². The number of hydrogen-bond donors (Lipinski definition) is 3. The van der Waals surface area contributed by atoms with Crippen LogP contribution in [0.1, 0.15) is 23.7 Å². The van der Waals surface area contributed by atoms with Gasteiger partial charge in [0.1, 0.15) is 17.1 Å². The van der Waals surface area contributed by atoms with Crippen LogP contribution in [0.25, 0.3) is 0 Å². The Hall–Kier alpha value is -2.39. The maximum absolute atomic E-state index is 11.0. The monoisotopic (exact) mass is 401 g/mol. The molecule has 0 aromatic heterocycles. The van der Waals surface area contributed by atoms with Crippen molar-refractivity contribution >= 4 is 34.9 Å². The summed E-state index contributed by atoms with van der Waals surface area (Å²) in [5, 5.41) is 20.4. The number of nitro groups is 1. The van der Waals surface area contributed by atoms with E-state index >= 15 is 0 Å². The first kappa shape index (κ1) is 21.7. The molecule has 0 heterocycles. The summed E-state index contributed by atoms with van der Waals surface area (Å²) in [6.07, 6.45) is 1.11. The second-order valence-electron chi connectivity index (χ2n) is 4.87. The molecule has 0 unspecified atom stereocenters. The molecule has 0 saturated carbocycles. The molecule has 2 aromatic rings. The van der Waals surface area contributed by atoms with Gasteiger partial charge in [0.2, 0.25) is 0 Å². The number of hydrogen-bond acceptors (Lipinski definition) is 6. The quantitative estimate of drug-likeness (QED) is 0.374. The first-order chi connectivity index (χ1) is 12.3. The first-order valence-electron chi connectivity index (χ1n) is 7.38. The Bertz CT molecular complexity index is 784. The van der Waals surface area contributed by atoms with Gasteiger partial charge in [-0.3, -0.25) is 21.4 Å². The molecule has 4 N–H and O–H groups in total. The highest BCUT2D eigenvalue weighted by Crippen LogP contribution is 2.33. The molecular weight excluding hydrogens is 385 g/mol. The average Bonchev–Trinajstić information content (AvgIpc) is 2.58. The summed E-state index contributed by atoms with van der Waals surface area (Å²) in [7, 11) is 0. The van der Waals surface area contributed by atoms with E-state index in [-0.39, 0.29) is 16.5 Å². The number of ether oxygens (including phenoxy) is 1. The molecule has 0 aliphatic rings. The topological polar surface area (TPSA) is 128 Å². The van der Waals surface area contributed by atoms with E-state index < -0.39 is 22.1 Å². The lowest BCUT2D eigenvalue weighted by Crippen LogP contribution is -2.21. The summed E-state index contributed by atoms with van der Waals surface area (Å²) in [6.45, 7) is 2.99. The summed E-state index contributed by atoms with van der Waals surface area (Å²) < 4.78 is 5.41. The Morgan fingerprint density at radius 3 is 2.46 bits per heavy atom. The summed E-state index contributed by atoms with van der Waals surface area (Å²) in [5.74, 6) is 3.84. The van der Waals surface area contributed by atoms with Crippen molar-refractivity contribution in [2.75, 3.05) is 6.54 Å². The molecule has 8 nitrogen and oxygen atoms in total. The van der Waals surface area contributed by atoms with E-state index in [1.54, 1.807) is 6.07 Å². The lowest BCUT2D eigenvalue weighted by atomic mass is 10.1. The molecule has 0 fully saturated rings. The number of carboxylic acid groups (broad SMARTS) is 1. The van der Waals surface area contributed by atoms with Crippen LogP contribution in [0.4, 0.5) is 5.69 Å². The SMILES string of the molecule is CCCNN.O=C(O)c1cc(Oc2ccc(Cl)cc2Cl)ccc1[N+](=O)[O-]. The van der Waals surface area contributed by atoms with Gasteiger partial charge in [-0.1, -0.05) is 30.1 Å². The Balaban J connectivity index is 0.000000597. The van der Waals surface area contributed by atoms with Crippen molar-refractivity contribution in [1.29, 1.82) is 0 Å². The molecule has 0 saturated heterocycles. The number of nitrogens with two attached hydrogens (primary N) is 1. The molecule has 0 spiro atoms. The minimum Gasteiger partial charge on any atom is -0.477 e. The minimum atomic E-state index is -1.42. The highest BCUT2D eigenvalue weighted by molar-refractivity contribution is 6.35. The largest absolute Gasteiger partial charge is 0.477 e. The van der Waals surface area contributed by atoms with Crippen LogP contribution in [0.2, 0.25) is 10.0 Å². The molecule has 26 heavy (non-hydrogen) atoms. The van der Waals surface area contributed by atoms with Gasteiger partial charge < -0.3 is 9.84 Å². The number of hydrazine groups is 1. The third kappa shape index (κ3) is 6.49. The average molecular weight is 402 g/mol. The zero-order valence-corrected chi connectivity index (χ0v) is 15.3. The van der Waals surface area contributed by atoms with Gasteiger partial charge in [-0.05, 0) is 30.7 Å². The van der Waals surface area contributed by atoms with E-state index in [0.717, 1.165) is 25.1 Å². The molecule has 0 bridgehead atoms. The van der Waals surface area contributed by atoms with E-state index in [1.165, 1.54) is 18.2 Å². The van der Waals surface area contributed by atoms with Gasteiger partial charge in [0.25, 0.3) is 5.69 Å². The van der Waals surface area contributed by atoms with Crippen molar-refractivity contribution in [3.05, 3.63) is 62.1 Å². The Kier molecular flexibility index (Phi) is 8.80. The van der Waals surface area contributed by atoms with Crippen LogP contribution in [-0.2, 0) is 0 Å². The predicted octanol–water partition coefficient (Wildman–Crippen LogP) is 4.25. The maximum Gasteiger partial charge on any atom is 0.342 e. The van der Waals surface area contributed by atoms with Crippen molar-refractivity contribution in [3.63, 3.8) is 0 Å². The molecule has 0 aliphatic heterocycles. The second kappa shape index (κ2) is 10.6.